The molecule has 0 amide bonds. The van der Waals surface area contributed by atoms with E-state index in [1.807, 2.05) is 0 Å². The van der Waals surface area contributed by atoms with Gasteiger partial charge in [-0.2, -0.15) is 12.6 Å². The molecule has 0 atom stereocenters. The van der Waals surface area contributed by atoms with Gasteiger partial charge >= 0.3 is 0 Å². The molecule has 0 unspecified atom stereocenters. The van der Waals surface area contributed by atoms with E-state index in [2.05, 4.69) is 19.6 Å². The smallest absolute Gasteiger partial charge is 0.00170 e. The summed E-state index contributed by atoms with van der Waals surface area (Å²) in [5, 5.41) is 0.716. The fourth-order valence-electron chi connectivity index (χ4n) is 1.93. The van der Waals surface area contributed by atoms with Gasteiger partial charge in [-0.25, -0.2) is 0 Å². The van der Waals surface area contributed by atoms with Gasteiger partial charge in [-0.3, -0.25) is 0 Å². The summed E-state index contributed by atoms with van der Waals surface area (Å²) < 4.78 is 0. The lowest BCUT2D eigenvalue weighted by atomic mass is 9.85. The number of hydrogen-bond donors (Lipinski definition) is 1. The van der Waals surface area contributed by atoms with Crippen LogP contribution in [-0.4, -0.2) is 5.25 Å². The number of rotatable bonds is 3. The molecule has 1 aliphatic rings. The highest BCUT2D eigenvalue weighted by Gasteiger charge is 2.17. The highest BCUT2D eigenvalue weighted by molar-refractivity contribution is 7.80. The molecule has 0 radical (unpaired) electrons. The molecule has 0 heterocycles. The van der Waals surface area contributed by atoms with Gasteiger partial charge in [0.25, 0.3) is 0 Å². The maximum Gasteiger partial charge on any atom is 0.00170 e. The van der Waals surface area contributed by atoms with Gasteiger partial charge in [0.05, 0.1) is 0 Å². The summed E-state index contributed by atoms with van der Waals surface area (Å²) in [6.07, 6.45) is 9.86. The molecule has 1 aliphatic carbocycles. The predicted octanol–water partition coefficient (Wildman–Crippen LogP) is 3.67. The van der Waals surface area contributed by atoms with Crippen molar-refractivity contribution in [1.29, 1.82) is 0 Å². The van der Waals surface area contributed by atoms with Crippen LogP contribution in [0.25, 0.3) is 0 Å². The minimum atomic E-state index is 0.716. The lowest BCUT2D eigenvalue weighted by Crippen LogP contribution is -2.14. The van der Waals surface area contributed by atoms with E-state index in [0.29, 0.717) is 5.25 Å². The first kappa shape index (κ1) is 9.44. The van der Waals surface area contributed by atoms with E-state index in [1.165, 1.54) is 44.9 Å². The zero-order chi connectivity index (χ0) is 8.10. The molecule has 1 saturated carbocycles. The maximum atomic E-state index is 4.49. The number of hydrogen-bond acceptors (Lipinski definition) is 1. The van der Waals surface area contributed by atoms with E-state index in [4.69, 9.17) is 0 Å². The fraction of sp³-hybridized carbons (Fsp3) is 1.00. The molecule has 1 rings (SSSR count). The van der Waals surface area contributed by atoms with E-state index in [0.717, 1.165) is 5.92 Å². The van der Waals surface area contributed by atoms with Gasteiger partial charge in [-0.1, -0.05) is 26.2 Å². The summed E-state index contributed by atoms with van der Waals surface area (Å²) in [6, 6.07) is 0. The Labute approximate surface area is 76.2 Å². The lowest BCUT2D eigenvalue weighted by molar-refractivity contribution is 0.338. The van der Waals surface area contributed by atoms with Crippen LogP contribution in [-0.2, 0) is 0 Å². The van der Waals surface area contributed by atoms with Crippen molar-refractivity contribution in [3.63, 3.8) is 0 Å². The van der Waals surface area contributed by atoms with Crippen molar-refractivity contribution in [2.75, 3.05) is 0 Å². The minimum Gasteiger partial charge on any atom is -0.176 e. The van der Waals surface area contributed by atoms with E-state index < -0.39 is 0 Å². The van der Waals surface area contributed by atoms with Gasteiger partial charge in [-0.15, -0.1) is 0 Å². The van der Waals surface area contributed by atoms with Crippen molar-refractivity contribution >= 4 is 12.6 Å². The van der Waals surface area contributed by atoms with Crippen molar-refractivity contribution in [3.8, 4) is 0 Å². The molecule has 0 N–H and O–H groups in total. The largest absolute Gasteiger partial charge is 0.176 e. The Morgan fingerprint density at radius 1 is 1.18 bits per heavy atom. The summed E-state index contributed by atoms with van der Waals surface area (Å²) in [5.41, 5.74) is 0. The molecule has 0 aromatic carbocycles. The molecule has 11 heavy (non-hydrogen) atoms. The van der Waals surface area contributed by atoms with Crippen LogP contribution < -0.4 is 0 Å². The van der Waals surface area contributed by atoms with Crippen LogP contribution in [0, 0.1) is 5.92 Å². The third-order valence-corrected chi connectivity index (χ3v) is 3.30. The van der Waals surface area contributed by atoms with Gasteiger partial charge in [0.15, 0.2) is 0 Å². The second-order valence-corrected chi connectivity index (χ2v) is 4.55. The van der Waals surface area contributed by atoms with Crippen LogP contribution in [0.1, 0.15) is 51.9 Å². The van der Waals surface area contributed by atoms with E-state index in [1.54, 1.807) is 0 Å². The first-order valence-electron chi connectivity index (χ1n) is 5.01. The zero-order valence-electron chi connectivity index (χ0n) is 7.55. The molecule has 0 spiro atoms. The maximum absolute atomic E-state index is 4.49. The van der Waals surface area contributed by atoms with Crippen LogP contribution in [0.4, 0.5) is 0 Å². The Morgan fingerprint density at radius 2 is 1.82 bits per heavy atom. The van der Waals surface area contributed by atoms with Crippen LogP contribution in [0.2, 0.25) is 0 Å². The fourth-order valence-corrected chi connectivity index (χ4v) is 2.22. The standard InChI is InChI=1S/C10H20S/c1-2-3-4-9-5-7-10(11)8-6-9/h9-11H,2-8H2,1H3. The van der Waals surface area contributed by atoms with Gasteiger partial charge in [0.2, 0.25) is 0 Å². The molecular formula is C10H20S. The van der Waals surface area contributed by atoms with E-state index >= 15 is 0 Å². The molecule has 66 valence electrons. The molecule has 1 fully saturated rings. The SMILES string of the molecule is CCCCC1CCC(S)CC1. The second kappa shape index (κ2) is 5.08. The second-order valence-electron chi connectivity index (χ2n) is 3.82. The topological polar surface area (TPSA) is 0 Å². The average Bonchev–Trinajstić information content (AvgIpc) is 2.04. The van der Waals surface area contributed by atoms with Crippen molar-refractivity contribution in [1.82, 2.24) is 0 Å². The Morgan fingerprint density at radius 3 is 2.36 bits per heavy atom. The van der Waals surface area contributed by atoms with Crippen LogP contribution in [0.5, 0.6) is 0 Å². The monoisotopic (exact) mass is 172 g/mol. The Hall–Kier alpha value is 0.350. The lowest BCUT2D eigenvalue weighted by Gasteiger charge is -2.25. The van der Waals surface area contributed by atoms with Gasteiger partial charge in [-0.05, 0) is 31.6 Å². The highest BCUT2D eigenvalue weighted by Crippen LogP contribution is 2.30. The first-order chi connectivity index (χ1) is 5.33. The van der Waals surface area contributed by atoms with Crippen molar-refractivity contribution in [2.45, 2.75) is 57.1 Å². The minimum absolute atomic E-state index is 0.716. The van der Waals surface area contributed by atoms with Gasteiger partial charge in [0.1, 0.15) is 0 Å². The van der Waals surface area contributed by atoms with Crippen molar-refractivity contribution in [3.05, 3.63) is 0 Å². The molecule has 0 aromatic heterocycles. The first-order valence-corrected chi connectivity index (χ1v) is 5.52. The van der Waals surface area contributed by atoms with Gasteiger partial charge in [0, 0.05) is 5.25 Å². The summed E-state index contributed by atoms with van der Waals surface area (Å²) in [4.78, 5) is 0. The van der Waals surface area contributed by atoms with Crippen LogP contribution in [0.15, 0.2) is 0 Å². The number of thiol groups is 1. The van der Waals surface area contributed by atoms with Crippen molar-refractivity contribution in [2.24, 2.45) is 5.92 Å². The average molecular weight is 172 g/mol. The van der Waals surface area contributed by atoms with E-state index in [9.17, 15) is 0 Å². The molecule has 0 aromatic rings. The quantitative estimate of drug-likeness (QED) is 0.617. The van der Waals surface area contributed by atoms with E-state index in [-0.39, 0.29) is 0 Å². The van der Waals surface area contributed by atoms with Crippen molar-refractivity contribution < 1.29 is 0 Å². The third-order valence-electron chi connectivity index (χ3n) is 2.78. The summed E-state index contributed by atoms with van der Waals surface area (Å²) in [5.74, 6) is 1.04. The van der Waals surface area contributed by atoms with Crippen LogP contribution >= 0.6 is 12.6 Å². The van der Waals surface area contributed by atoms with Gasteiger partial charge < -0.3 is 0 Å². The third kappa shape index (κ3) is 3.50. The molecule has 0 saturated heterocycles. The molecule has 0 bridgehead atoms. The Balaban J connectivity index is 2.07. The molecule has 0 nitrogen and oxygen atoms in total. The Bertz CT molecular complexity index is 90.3. The molecular weight excluding hydrogens is 152 g/mol. The normalized spacial score (nSPS) is 32.2. The molecule has 0 aliphatic heterocycles. The van der Waals surface area contributed by atoms with Crippen LogP contribution in [0.3, 0.4) is 0 Å². The summed E-state index contributed by atoms with van der Waals surface area (Å²) >= 11 is 4.49. The summed E-state index contributed by atoms with van der Waals surface area (Å²) in [6.45, 7) is 2.28. The molecule has 1 heteroatoms. The Kier molecular flexibility index (Phi) is 4.36. The zero-order valence-corrected chi connectivity index (χ0v) is 8.45. The highest BCUT2D eigenvalue weighted by atomic mass is 32.1. The summed E-state index contributed by atoms with van der Waals surface area (Å²) in [7, 11) is 0. The number of unbranched alkanes of at least 4 members (excludes halogenated alkanes) is 1. The predicted molar refractivity (Wildman–Crippen MR) is 54.3 cm³/mol.